The number of benzene rings is 1. The van der Waals surface area contributed by atoms with E-state index in [0.717, 1.165) is 0 Å². The fourth-order valence-corrected chi connectivity index (χ4v) is 2.40. The van der Waals surface area contributed by atoms with E-state index in [1.807, 2.05) is 0 Å². The minimum absolute atomic E-state index is 0.0623. The fraction of sp³-hybridized carbons (Fsp3) is 0.312. The van der Waals surface area contributed by atoms with Gasteiger partial charge < -0.3 is 20.1 Å². The van der Waals surface area contributed by atoms with Crippen LogP contribution < -0.4 is 10.2 Å². The van der Waals surface area contributed by atoms with Crippen molar-refractivity contribution in [2.75, 3.05) is 37.0 Å². The number of anilines is 3. The standard InChI is InChI=1S/C16H19N5O5/c1-3-20(8-9-22)15-13(21(24)25)14(17-10-18-15)19-12-7-5-4-6-11(12)16(23)26-2/h4-7,10,22H,3,8-9H2,1-2H3,(H,17,18,19). The van der Waals surface area contributed by atoms with Gasteiger partial charge in [-0.1, -0.05) is 12.1 Å². The van der Waals surface area contributed by atoms with E-state index in [-0.39, 0.29) is 36.0 Å². The molecule has 0 aliphatic rings. The number of aliphatic hydroxyl groups excluding tert-OH is 1. The first-order valence-corrected chi connectivity index (χ1v) is 7.83. The van der Waals surface area contributed by atoms with Crippen molar-refractivity contribution >= 4 is 29.0 Å². The second-order valence-electron chi connectivity index (χ2n) is 5.12. The van der Waals surface area contributed by atoms with E-state index < -0.39 is 10.9 Å². The van der Waals surface area contributed by atoms with E-state index in [9.17, 15) is 14.9 Å². The van der Waals surface area contributed by atoms with Gasteiger partial charge in [-0.25, -0.2) is 14.8 Å². The van der Waals surface area contributed by atoms with Crippen molar-refractivity contribution in [3.8, 4) is 0 Å². The van der Waals surface area contributed by atoms with Crippen molar-refractivity contribution in [1.82, 2.24) is 9.97 Å². The van der Waals surface area contributed by atoms with Crippen molar-refractivity contribution in [1.29, 1.82) is 0 Å². The zero-order valence-electron chi connectivity index (χ0n) is 14.4. The summed E-state index contributed by atoms with van der Waals surface area (Å²) in [7, 11) is 1.25. The molecule has 0 atom stereocenters. The second-order valence-corrected chi connectivity index (χ2v) is 5.12. The average molecular weight is 361 g/mol. The van der Waals surface area contributed by atoms with Gasteiger partial charge in [0.25, 0.3) is 0 Å². The lowest BCUT2D eigenvalue weighted by Crippen LogP contribution is -2.28. The third-order valence-corrected chi connectivity index (χ3v) is 3.62. The Bertz CT molecular complexity index is 798. The van der Waals surface area contributed by atoms with Crippen molar-refractivity contribution in [3.63, 3.8) is 0 Å². The maximum atomic E-state index is 11.9. The number of nitrogens with one attached hydrogen (secondary N) is 1. The molecule has 138 valence electrons. The summed E-state index contributed by atoms with van der Waals surface area (Å²) >= 11 is 0. The van der Waals surface area contributed by atoms with Gasteiger partial charge in [-0.2, -0.15) is 0 Å². The number of methoxy groups -OCH3 is 1. The Labute approximate surface area is 149 Å². The first kappa shape index (κ1) is 19.1. The Morgan fingerprint density at radius 1 is 1.38 bits per heavy atom. The van der Waals surface area contributed by atoms with Gasteiger partial charge in [-0.3, -0.25) is 10.1 Å². The molecule has 1 heterocycles. The number of carbonyl (C=O) groups is 1. The molecule has 0 aliphatic carbocycles. The molecule has 0 unspecified atom stereocenters. The molecule has 0 fully saturated rings. The summed E-state index contributed by atoms with van der Waals surface area (Å²) in [5.41, 5.74) is 0.187. The van der Waals surface area contributed by atoms with Gasteiger partial charge in [0.05, 0.1) is 29.9 Å². The van der Waals surface area contributed by atoms with Gasteiger partial charge in [-0.05, 0) is 19.1 Å². The lowest BCUT2D eigenvalue weighted by Gasteiger charge is -2.21. The molecule has 26 heavy (non-hydrogen) atoms. The lowest BCUT2D eigenvalue weighted by atomic mass is 10.2. The van der Waals surface area contributed by atoms with Gasteiger partial charge in [0.1, 0.15) is 6.33 Å². The Hall–Kier alpha value is -3.27. The van der Waals surface area contributed by atoms with E-state index in [2.05, 4.69) is 15.3 Å². The molecule has 0 saturated heterocycles. The number of rotatable bonds is 8. The minimum atomic E-state index is -0.599. The van der Waals surface area contributed by atoms with Crippen molar-refractivity contribution in [2.45, 2.75) is 6.92 Å². The maximum Gasteiger partial charge on any atom is 0.353 e. The van der Waals surface area contributed by atoms with Crippen LogP contribution >= 0.6 is 0 Å². The van der Waals surface area contributed by atoms with Crippen LogP contribution in [0.25, 0.3) is 0 Å². The Balaban J connectivity index is 2.51. The van der Waals surface area contributed by atoms with Crippen molar-refractivity contribution in [3.05, 3.63) is 46.3 Å². The number of aromatic nitrogens is 2. The number of carbonyl (C=O) groups excluding carboxylic acids is 1. The highest BCUT2D eigenvalue weighted by atomic mass is 16.6. The van der Waals surface area contributed by atoms with Crippen LogP contribution in [0, 0.1) is 10.1 Å². The van der Waals surface area contributed by atoms with Crippen LogP contribution in [0.5, 0.6) is 0 Å². The molecule has 0 aliphatic heterocycles. The van der Waals surface area contributed by atoms with Crippen LogP contribution in [0.15, 0.2) is 30.6 Å². The molecule has 1 aromatic carbocycles. The fourth-order valence-electron chi connectivity index (χ4n) is 2.40. The van der Waals surface area contributed by atoms with E-state index in [4.69, 9.17) is 9.84 Å². The van der Waals surface area contributed by atoms with Crippen molar-refractivity contribution < 1.29 is 19.6 Å². The van der Waals surface area contributed by atoms with E-state index in [0.29, 0.717) is 12.2 Å². The molecule has 2 rings (SSSR count). The topological polar surface area (TPSA) is 131 Å². The highest BCUT2D eigenvalue weighted by Crippen LogP contribution is 2.34. The van der Waals surface area contributed by atoms with Crippen LogP contribution in [0.3, 0.4) is 0 Å². The molecular formula is C16H19N5O5. The van der Waals surface area contributed by atoms with Gasteiger partial charge >= 0.3 is 11.7 Å². The van der Waals surface area contributed by atoms with Gasteiger partial charge in [0, 0.05) is 13.1 Å². The Morgan fingerprint density at radius 3 is 2.73 bits per heavy atom. The highest BCUT2D eigenvalue weighted by molar-refractivity contribution is 5.96. The first-order valence-electron chi connectivity index (χ1n) is 7.83. The molecule has 2 N–H and O–H groups in total. The number of nitrogens with zero attached hydrogens (tertiary/aromatic N) is 4. The van der Waals surface area contributed by atoms with Crippen LogP contribution in [0.1, 0.15) is 17.3 Å². The molecule has 2 aromatic rings. The summed E-state index contributed by atoms with van der Waals surface area (Å²) < 4.78 is 4.72. The molecular weight excluding hydrogens is 342 g/mol. The van der Waals surface area contributed by atoms with Gasteiger partial charge in [0.15, 0.2) is 0 Å². The summed E-state index contributed by atoms with van der Waals surface area (Å²) in [4.78, 5) is 32.4. The number of nitro groups is 1. The van der Waals surface area contributed by atoms with Crippen LogP contribution in [0.4, 0.5) is 23.0 Å². The molecule has 0 saturated carbocycles. The molecule has 0 radical (unpaired) electrons. The SMILES string of the molecule is CCN(CCO)c1ncnc(Nc2ccccc2C(=O)OC)c1[N+](=O)[O-]. The predicted molar refractivity (Wildman–Crippen MR) is 94.7 cm³/mol. The number of ether oxygens (including phenoxy) is 1. The van der Waals surface area contributed by atoms with Crippen LogP contribution in [-0.2, 0) is 4.74 Å². The average Bonchev–Trinajstić information content (AvgIpc) is 2.65. The largest absolute Gasteiger partial charge is 0.465 e. The Morgan fingerprint density at radius 2 is 2.12 bits per heavy atom. The third-order valence-electron chi connectivity index (χ3n) is 3.62. The summed E-state index contributed by atoms with van der Waals surface area (Å²) in [6, 6.07) is 6.44. The minimum Gasteiger partial charge on any atom is -0.465 e. The number of hydrogen-bond acceptors (Lipinski definition) is 9. The third kappa shape index (κ3) is 4.03. The van der Waals surface area contributed by atoms with Crippen molar-refractivity contribution in [2.24, 2.45) is 0 Å². The van der Waals surface area contributed by atoms with Crippen LogP contribution in [-0.4, -0.2) is 52.8 Å². The van der Waals surface area contributed by atoms with Gasteiger partial charge in [-0.15, -0.1) is 0 Å². The molecule has 10 heteroatoms. The lowest BCUT2D eigenvalue weighted by molar-refractivity contribution is -0.383. The zero-order valence-corrected chi connectivity index (χ0v) is 14.4. The Kier molecular flexibility index (Phi) is 6.39. The van der Waals surface area contributed by atoms with Gasteiger partial charge in [0.2, 0.25) is 11.6 Å². The molecule has 0 bridgehead atoms. The van der Waals surface area contributed by atoms with E-state index in [1.54, 1.807) is 30.0 Å². The predicted octanol–water partition coefficient (Wildman–Crippen LogP) is 1.73. The maximum absolute atomic E-state index is 11.9. The summed E-state index contributed by atoms with van der Waals surface area (Å²) in [5.74, 6) is -0.562. The highest BCUT2D eigenvalue weighted by Gasteiger charge is 2.27. The smallest absolute Gasteiger partial charge is 0.353 e. The number of likely N-dealkylation sites (N-methyl/N-ethyl adjacent to an activating group) is 1. The zero-order chi connectivity index (χ0) is 19.1. The number of esters is 1. The molecule has 1 aromatic heterocycles. The first-order chi connectivity index (χ1) is 12.5. The number of para-hydroxylation sites is 1. The summed E-state index contributed by atoms with van der Waals surface area (Å²) in [6.07, 6.45) is 1.19. The molecule has 0 spiro atoms. The van der Waals surface area contributed by atoms with E-state index in [1.165, 1.54) is 19.5 Å². The normalized spacial score (nSPS) is 10.3. The monoisotopic (exact) mass is 361 g/mol. The summed E-state index contributed by atoms with van der Waals surface area (Å²) in [6.45, 7) is 2.22. The molecule has 0 amide bonds. The summed E-state index contributed by atoms with van der Waals surface area (Å²) in [5, 5.41) is 23.6. The number of aliphatic hydroxyl groups is 1. The van der Waals surface area contributed by atoms with E-state index >= 15 is 0 Å². The second kappa shape index (κ2) is 8.72. The van der Waals surface area contributed by atoms with Crippen LogP contribution in [0.2, 0.25) is 0 Å². The quantitative estimate of drug-likeness (QED) is 0.410. The number of hydrogen-bond donors (Lipinski definition) is 2. The molecule has 10 nitrogen and oxygen atoms in total.